The minimum atomic E-state index is -0.376. The van der Waals surface area contributed by atoms with Crippen molar-refractivity contribution in [3.63, 3.8) is 0 Å². The van der Waals surface area contributed by atoms with Crippen LogP contribution in [0.4, 0.5) is 4.39 Å². The Labute approximate surface area is 122 Å². The van der Waals surface area contributed by atoms with Crippen molar-refractivity contribution in [3.8, 4) is 0 Å². The molecule has 0 radical (unpaired) electrons. The molecule has 2 aromatic carbocycles. The van der Waals surface area contributed by atoms with E-state index in [1.807, 2.05) is 30.3 Å². The van der Waals surface area contributed by atoms with Gasteiger partial charge < -0.3 is 0 Å². The molecule has 3 rings (SSSR count). The van der Waals surface area contributed by atoms with E-state index in [2.05, 4.69) is 5.10 Å². The first-order valence-corrected chi connectivity index (χ1v) is 6.84. The smallest absolute Gasteiger partial charge is 0.240 e. The number of hydrogen-bond acceptors (Lipinski definition) is 2. The zero-order valence-corrected chi connectivity index (χ0v) is 11.7. The highest BCUT2D eigenvalue weighted by Gasteiger charge is 2.32. The molecule has 0 unspecified atom stereocenters. The first kappa shape index (κ1) is 13.5. The van der Waals surface area contributed by atoms with Crippen molar-refractivity contribution >= 4 is 11.6 Å². The summed E-state index contributed by atoms with van der Waals surface area (Å²) in [5.41, 5.74) is 2.27. The summed E-state index contributed by atoms with van der Waals surface area (Å²) >= 11 is 0. The molecule has 0 aromatic heterocycles. The average molecular weight is 282 g/mol. The lowest BCUT2D eigenvalue weighted by Gasteiger charge is -2.20. The van der Waals surface area contributed by atoms with Crippen LogP contribution in [0.2, 0.25) is 0 Å². The van der Waals surface area contributed by atoms with E-state index >= 15 is 0 Å². The highest BCUT2D eigenvalue weighted by molar-refractivity contribution is 6.03. The number of hydrogen-bond donors (Lipinski definition) is 0. The molecule has 4 heteroatoms. The van der Waals surface area contributed by atoms with Crippen molar-refractivity contribution in [2.45, 2.75) is 19.4 Å². The van der Waals surface area contributed by atoms with Crippen LogP contribution in [-0.2, 0) is 4.79 Å². The Morgan fingerprint density at radius 1 is 1.14 bits per heavy atom. The molecule has 0 spiro atoms. The fourth-order valence-electron chi connectivity index (χ4n) is 2.59. The van der Waals surface area contributed by atoms with Gasteiger partial charge in [0, 0.05) is 18.9 Å². The van der Waals surface area contributed by atoms with Crippen LogP contribution in [-0.4, -0.2) is 16.6 Å². The van der Waals surface area contributed by atoms with Crippen molar-refractivity contribution in [1.29, 1.82) is 0 Å². The third-order valence-corrected chi connectivity index (χ3v) is 3.60. The van der Waals surface area contributed by atoms with Gasteiger partial charge in [-0.3, -0.25) is 4.79 Å². The quantitative estimate of drug-likeness (QED) is 0.829. The lowest BCUT2D eigenvalue weighted by Crippen LogP contribution is -2.25. The Hall–Kier alpha value is -2.49. The number of carbonyl (C=O) groups excluding carboxylic acids is 1. The number of carbonyl (C=O) groups is 1. The molecule has 0 fully saturated rings. The summed E-state index contributed by atoms with van der Waals surface area (Å²) in [6.45, 7) is 1.45. The van der Waals surface area contributed by atoms with Crippen LogP contribution in [0.25, 0.3) is 0 Å². The van der Waals surface area contributed by atoms with Gasteiger partial charge in [0.25, 0.3) is 0 Å². The second kappa shape index (κ2) is 5.48. The van der Waals surface area contributed by atoms with Gasteiger partial charge in [0.2, 0.25) is 5.91 Å². The van der Waals surface area contributed by atoms with Crippen molar-refractivity contribution in [3.05, 3.63) is 71.5 Å². The number of halogens is 1. The highest BCUT2D eigenvalue weighted by Crippen LogP contribution is 2.33. The van der Waals surface area contributed by atoms with Gasteiger partial charge in [-0.05, 0) is 11.6 Å². The van der Waals surface area contributed by atoms with Gasteiger partial charge in [0.15, 0.2) is 0 Å². The topological polar surface area (TPSA) is 32.7 Å². The molecule has 1 amide bonds. The van der Waals surface area contributed by atoms with Crippen molar-refractivity contribution in [2.24, 2.45) is 5.10 Å². The molecule has 0 N–H and O–H groups in total. The largest absolute Gasteiger partial charge is 0.273 e. The maximum absolute atomic E-state index is 14.0. The molecular formula is C17H15FN2O. The summed E-state index contributed by atoms with van der Waals surface area (Å²) in [6, 6.07) is 15.8. The summed E-state index contributed by atoms with van der Waals surface area (Å²) in [5, 5.41) is 5.77. The van der Waals surface area contributed by atoms with Gasteiger partial charge in [0.1, 0.15) is 5.82 Å². The number of benzene rings is 2. The van der Waals surface area contributed by atoms with Gasteiger partial charge in [-0.1, -0.05) is 48.5 Å². The standard InChI is InChI=1S/C17H15FN2O/c1-12(21)20-17(14-9-5-6-10-15(14)18)11-16(19-20)13-7-3-2-4-8-13/h2-10,17H,11H2,1H3/t17-/m0/s1. The zero-order chi connectivity index (χ0) is 14.8. The first-order valence-electron chi connectivity index (χ1n) is 6.84. The molecule has 2 aromatic rings. The predicted molar refractivity (Wildman–Crippen MR) is 79.3 cm³/mol. The molecule has 3 nitrogen and oxygen atoms in total. The second-order valence-electron chi connectivity index (χ2n) is 5.02. The summed E-state index contributed by atoms with van der Waals surface area (Å²) < 4.78 is 14.0. The summed E-state index contributed by atoms with van der Waals surface area (Å²) in [5.74, 6) is -0.493. The van der Waals surface area contributed by atoms with E-state index in [0.717, 1.165) is 11.3 Å². The van der Waals surface area contributed by atoms with Gasteiger partial charge in [-0.25, -0.2) is 9.40 Å². The van der Waals surface area contributed by atoms with Gasteiger partial charge >= 0.3 is 0 Å². The third-order valence-electron chi connectivity index (χ3n) is 3.60. The minimum Gasteiger partial charge on any atom is -0.273 e. The number of rotatable bonds is 2. The monoisotopic (exact) mass is 282 g/mol. The molecule has 1 aliphatic rings. The van der Waals surface area contributed by atoms with Crippen molar-refractivity contribution in [2.75, 3.05) is 0 Å². The second-order valence-corrected chi connectivity index (χ2v) is 5.02. The normalized spacial score (nSPS) is 17.7. The maximum atomic E-state index is 14.0. The van der Waals surface area contributed by atoms with Gasteiger partial charge in [-0.2, -0.15) is 5.10 Å². The Balaban J connectivity index is 1.98. The predicted octanol–water partition coefficient (Wildman–Crippen LogP) is 3.52. The van der Waals surface area contributed by atoms with E-state index in [-0.39, 0.29) is 17.8 Å². The van der Waals surface area contributed by atoms with Crippen LogP contribution in [0.3, 0.4) is 0 Å². The lowest BCUT2D eigenvalue weighted by atomic mass is 9.98. The Morgan fingerprint density at radius 3 is 2.48 bits per heavy atom. The van der Waals surface area contributed by atoms with Crippen LogP contribution in [0.5, 0.6) is 0 Å². The molecule has 0 aliphatic carbocycles. The van der Waals surface area contributed by atoms with Crippen LogP contribution in [0, 0.1) is 5.82 Å². The lowest BCUT2D eigenvalue weighted by molar-refractivity contribution is -0.130. The molecular weight excluding hydrogens is 267 g/mol. The molecule has 21 heavy (non-hydrogen) atoms. The molecule has 0 bridgehead atoms. The first-order chi connectivity index (χ1) is 10.2. The van der Waals surface area contributed by atoms with E-state index < -0.39 is 0 Å². The van der Waals surface area contributed by atoms with Crippen molar-refractivity contribution in [1.82, 2.24) is 5.01 Å². The van der Waals surface area contributed by atoms with E-state index in [1.54, 1.807) is 18.2 Å². The van der Waals surface area contributed by atoms with Crippen LogP contribution in [0.1, 0.15) is 30.5 Å². The zero-order valence-electron chi connectivity index (χ0n) is 11.7. The fourth-order valence-corrected chi connectivity index (χ4v) is 2.59. The molecule has 0 saturated heterocycles. The summed E-state index contributed by atoms with van der Waals surface area (Å²) in [7, 11) is 0. The van der Waals surface area contributed by atoms with Crippen LogP contribution in [0.15, 0.2) is 59.7 Å². The van der Waals surface area contributed by atoms with E-state index in [0.29, 0.717) is 12.0 Å². The van der Waals surface area contributed by atoms with Gasteiger partial charge in [-0.15, -0.1) is 0 Å². The molecule has 0 saturated carbocycles. The minimum absolute atomic E-state index is 0.186. The van der Waals surface area contributed by atoms with Crippen LogP contribution < -0.4 is 0 Å². The van der Waals surface area contributed by atoms with E-state index in [9.17, 15) is 9.18 Å². The molecule has 1 aliphatic heterocycles. The fraction of sp³-hybridized carbons (Fsp3) is 0.176. The van der Waals surface area contributed by atoms with Crippen LogP contribution >= 0.6 is 0 Å². The molecule has 1 heterocycles. The number of nitrogens with zero attached hydrogens (tertiary/aromatic N) is 2. The van der Waals surface area contributed by atoms with Crippen molar-refractivity contribution < 1.29 is 9.18 Å². The maximum Gasteiger partial charge on any atom is 0.240 e. The third kappa shape index (κ3) is 2.57. The molecule has 106 valence electrons. The Morgan fingerprint density at radius 2 is 1.81 bits per heavy atom. The van der Waals surface area contributed by atoms with E-state index in [4.69, 9.17) is 0 Å². The number of hydrazone groups is 1. The number of amides is 1. The van der Waals surface area contributed by atoms with Gasteiger partial charge in [0.05, 0.1) is 11.8 Å². The molecule has 1 atom stereocenters. The summed E-state index contributed by atoms with van der Waals surface area (Å²) in [4.78, 5) is 11.8. The summed E-state index contributed by atoms with van der Waals surface area (Å²) in [6.07, 6.45) is 0.518. The van der Waals surface area contributed by atoms with E-state index in [1.165, 1.54) is 18.0 Å². The SMILES string of the molecule is CC(=O)N1N=C(c2ccccc2)C[C@H]1c1ccccc1F. The Kier molecular flexibility index (Phi) is 3.52. The average Bonchev–Trinajstić information content (AvgIpc) is 2.94. The highest BCUT2D eigenvalue weighted by atomic mass is 19.1. The Bertz CT molecular complexity index is 697.